The van der Waals surface area contributed by atoms with Gasteiger partial charge in [-0.1, -0.05) is 32.0 Å². The summed E-state index contributed by atoms with van der Waals surface area (Å²) in [5.41, 5.74) is 3.63. The lowest BCUT2D eigenvalue weighted by Crippen LogP contribution is -2.52. The molecular weight excluding hydrogens is 314 g/mol. The van der Waals surface area contributed by atoms with E-state index in [1.807, 2.05) is 25.7 Å². The Bertz CT molecular complexity index is 619. The van der Waals surface area contributed by atoms with Crippen LogP contribution in [0.5, 0.6) is 0 Å². The van der Waals surface area contributed by atoms with Gasteiger partial charge in [0.1, 0.15) is 0 Å². The SMILES string of the molecule is Cc1ccc(C(C)NC(=O)CN2CCN(C(=O)C(C)C)CC2)cc1C. The Morgan fingerprint density at radius 3 is 2.24 bits per heavy atom. The van der Waals surface area contributed by atoms with Crippen LogP contribution in [0.15, 0.2) is 18.2 Å². The molecule has 1 aromatic rings. The van der Waals surface area contributed by atoms with Gasteiger partial charge in [0.25, 0.3) is 0 Å². The van der Waals surface area contributed by atoms with Gasteiger partial charge in [-0.3, -0.25) is 14.5 Å². The maximum Gasteiger partial charge on any atom is 0.234 e. The molecule has 1 aromatic carbocycles. The molecule has 1 fully saturated rings. The summed E-state index contributed by atoms with van der Waals surface area (Å²) >= 11 is 0. The number of nitrogens with one attached hydrogen (secondary N) is 1. The Labute approximate surface area is 151 Å². The van der Waals surface area contributed by atoms with Gasteiger partial charge in [-0.15, -0.1) is 0 Å². The van der Waals surface area contributed by atoms with Gasteiger partial charge in [0.05, 0.1) is 12.6 Å². The first-order valence-electron chi connectivity index (χ1n) is 9.15. The Kier molecular flexibility index (Phi) is 6.59. The van der Waals surface area contributed by atoms with E-state index in [9.17, 15) is 9.59 Å². The number of amides is 2. The van der Waals surface area contributed by atoms with Crippen molar-refractivity contribution in [2.75, 3.05) is 32.7 Å². The smallest absolute Gasteiger partial charge is 0.234 e. The van der Waals surface area contributed by atoms with Crippen molar-refractivity contribution < 1.29 is 9.59 Å². The molecule has 2 amide bonds. The van der Waals surface area contributed by atoms with Crippen molar-refractivity contribution in [2.45, 2.75) is 40.7 Å². The van der Waals surface area contributed by atoms with E-state index in [0.29, 0.717) is 19.6 Å². The van der Waals surface area contributed by atoms with Crippen LogP contribution in [0.25, 0.3) is 0 Å². The third kappa shape index (κ3) is 5.30. The van der Waals surface area contributed by atoms with Gasteiger partial charge < -0.3 is 10.2 Å². The van der Waals surface area contributed by atoms with Crippen LogP contribution in [0.2, 0.25) is 0 Å². The van der Waals surface area contributed by atoms with E-state index in [-0.39, 0.29) is 23.8 Å². The van der Waals surface area contributed by atoms with E-state index in [0.717, 1.165) is 18.7 Å². The summed E-state index contributed by atoms with van der Waals surface area (Å²) in [6, 6.07) is 6.30. The molecule has 1 aliphatic rings. The predicted molar refractivity (Wildman–Crippen MR) is 100 cm³/mol. The van der Waals surface area contributed by atoms with Crippen LogP contribution in [0.4, 0.5) is 0 Å². The van der Waals surface area contributed by atoms with Gasteiger partial charge in [-0.25, -0.2) is 0 Å². The summed E-state index contributed by atoms with van der Waals surface area (Å²) in [5.74, 6) is 0.274. The predicted octanol–water partition coefficient (Wildman–Crippen LogP) is 2.28. The van der Waals surface area contributed by atoms with Crippen molar-refractivity contribution in [3.63, 3.8) is 0 Å². The highest BCUT2D eigenvalue weighted by Crippen LogP contribution is 2.16. The van der Waals surface area contributed by atoms with E-state index in [4.69, 9.17) is 0 Å². The fraction of sp³-hybridized carbons (Fsp3) is 0.600. The standard InChI is InChI=1S/C20H31N3O2/c1-14(2)20(25)23-10-8-22(9-11-23)13-19(24)21-17(5)18-7-6-15(3)16(4)12-18/h6-7,12,14,17H,8-11,13H2,1-5H3,(H,21,24). The third-order valence-electron chi connectivity index (χ3n) is 4.95. The summed E-state index contributed by atoms with van der Waals surface area (Å²) in [6.07, 6.45) is 0. The normalized spacial score (nSPS) is 16.8. The zero-order valence-corrected chi connectivity index (χ0v) is 16.1. The Morgan fingerprint density at radius 1 is 1.04 bits per heavy atom. The lowest BCUT2D eigenvalue weighted by Gasteiger charge is -2.35. The van der Waals surface area contributed by atoms with Crippen molar-refractivity contribution in [3.8, 4) is 0 Å². The first kappa shape index (κ1) is 19.4. The maximum atomic E-state index is 12.3. The maximum absolute atomic E-state index is 12.3. The number of piperazine rings is 1. The van der Waals surface area contributed by atoms with Crippen LogP contribution in [-0.4, -0.2) is 54.3 Å². The molecule has 1 unspecified atom stereocenters. The number of rotatable bonds is 5. The highest BCUT2D eigenvalue weighted by atomic mass is 16.2. The Hall–Kier alpha value is -1.88. The lowest BCUT2D eigenvalue weighted by atomic mass is 10.0. The summed E-state index contributed by atoms with van der Waals surface area (Å²) in [4.78, 5) is 28.4. The van der Waals surface area contributed by atoms with Crippen LogP contribution >= 0.6 is 0 Å². The first-order chi connectivity index (χ1) is 11.8. The summed E-state index contributed by atoms with van der Waals surface area (Å²) in [5, 5.41) is 3.08. The first-order valence-corrected chi connectivity index (χ1v) is 9.15. The molecule has 5 nitrogen and oxygen atoms in total. The zero-order chi connectivity index (χ0) is 18.6. The molecule has 25 heavy (non-hydrogen) atoms. The van der Waals surface area contributed by atoms with Crippen molar-refractivity contribution >= 4 is 11.8 Å². The minimum atomic E-state index is -0.00407. The molecule has 1 heterocycles. The highest BCUT2D eigenvalue weighted by Gasteiger charge is 2.24. The molecule has 0 saturated carbocycles. The van der Waals surface area contributed by atoms with E-state index < -0.39 is 0 Å². The fourth-order valence-electron chi connectivity index (χ4n) is 3.10. The van der Waals surface area contributed by atoms with Crippen LogP contribution in [0.1, 0.15) is 43.5 Å². The van der Waals surface area contributed by atoms with Gasteiger partial charge in [-0.05, 0) is 37.5 Å². The highest BCUT2D eigenvalue weighted by molar-refractivity contribution is 5.79. The van der Waals surface area contributed by atoms with E-state index in [1.165, 1.54) is 11.1 Å². The van der Waals surface area contributed by atoms with Gasteiger partial charge >= 0.3 is 0 Å². The Balaban J connectivity index is 1.81. The molecule has 1 N–H and O–H groups in total. The lowest BCUT2D eigenvalue weighted by molar-refractivity contribution is -0.136. The quantitative estimate of drug-likeness (QED) is 0.891. The average Bonchev–Trinajstić information content (AvgIpc) is 2.57. The summed E-state index contributed by atoms with van der Waals surface area (Å²) < 4.78 is 0. The molecule has 0 spiro atoms. The monoisotopic (exact) mass is 345 g/mol. The van der Waals surface area contributed by atoms with Crippen LogP contribution in [-0.2, 0) is 9.59 Å². The second kappa shape index (κ2) is 8.48. The number of aryl methyl sites for hydroxylation is 2. The number of carbonyl (C=O) groups is 2. The van der Waals surface area contributed by atoms with Crippen LogP contribution < -0.4 is 5.32 Å². The molecule has 0 aliphatic carbocycles. The van der Waals surface area contributed by atoms with Gasteiger partial charge in [0.15, 0.2) is 0 Å². The molecular formula is C20H31N3O2. The number of nitrogens with zero attached hydrogens (tertiary/aromatic N) is 2. The minimum Gasteiger partial charge on any atom is -0.348 e. The number of hydrogen-bond acceptors (Lipinski definition) is 3. The van der Waals surface area contributed by atoms with Crippen molar-refractivity contribution in [1.82, 2.24) is 15.1 Å². The minimum absolute atomic E-state index is 0.00407. The van der Waals surface area contributed by atoms with Crippen molar-refractivity contribution in [2.24, 2.45) is 5.92 Å². The van der Waals surface area contributed by atoms with Crippen molar-refractivity contribution in [1.29, 1.82) is 0 Å². The second-order valence-electron chi connectivity index (χ2n) is 7.39. The molecule has 0 bridgehead atoms. The molecule has 5 heteroatoms. The fourth-order valence-corrected chi connectivity index (χ4v) is 3.10. The third-order valence-corrected chi connectivity index (χ3v) is 4.95. The molecule has 1 saturated heterocycles. The van der Waals surface area contributed by atoms with Gasteiger partial charge in [0.2, 0.25) is 11.8 Å². The summed E-state index contributed by atoms with van der Waals surface area (Å²) in [7, 11) is 0. The molecule has 2 rings (SSSR count). The van der Waals surface area contributed by atoms with Gasteiger partial charge in [0, 0.05) is 32.1 Å². The average molecular weight is 345 g/mol. The molecule has 1 aliphatic heterocycles. The van der Waals surface area contributed by atoms with Crippen LogP contribution in [0, 0.1) is 19.8 Å². The van der Waals surface area contributed by atoms with Crippen molar-refractivity contribution in [3.05, 3.63) is 34.9 Å². The molecule has 1 atom stereocenters. The van der Waals surface area contributed by atoms with Gasteiger partial charge in [-0.2, -0.15) is 0 Å². The second-order valence-corrected chi connectivity index (χ2v) is 7.39. The number of hydrogen-bond donors (Lipinski definition) is 1. The molecule has 0 radical (unpaired) electrons. The van der Waals surface area contributed by atoms with E-state index >= 15 is 0 Å². The number of carbonyl (C=O) groups excluding carboxylic acids is 2. The van der Waals surface area contributed by atoms with E-state index in [1.54, 1.807) is 0 Å². The Morgan fingerprint density at radius 2 is 1.68 bits per heavy atom. The topological polar surface area (TPSA) is 52.7 Å². The van der Waals surface area contributed by atoms with E-state index in [2.05, 4.69) is 42.3 Å². The zero-order valence-electron chi connectivity index (χ0n) is 16.1. The summed E-state index contributed by atoms with van der Waals surface area (Å²) in [6.45, 7) is 13.4. The number of benzene rings is 1. The van der Waals surface area contributed by atoms with Crippen LogP contribution in [0.3, 0.4) is 0 Å². The largest absolute Gasteiger partial charge is 0.348 e. The molecule has 0 aromatic heterocycles. The molecule has 138 valence electrons.